The second-order valence-corrected chi connectivity index (χ2v) is 5.35. The van der Waals surface area contributed by atoms with Crippen molar-refractivity contribution in [2.24, 2.45) is 0 Å². The van der Waals surface area contributed by atoms with Gasteiger partial charge in [-0.3, -0.25) is 0 Å². The lowest BCUT2D eigenvalue weighted by Crippen LogP contribution is -1.95. The van der Waals surface area contributed by atoms with E-state index in [-0.39, 0.29) is 0 Å². The van der Waals surface area contributed by atoms with Crippen LogP contribution >= 0.6 is 31.9 Å². The van der Waals surface area contributed by atoms with Crippen LogP contribution < -0.4 is 0 Å². The average molecular weight is 298 g/mol. The lowest BCUT2D eigenvalue weighted by atomic mass is 10.2. The van der Waals surface area contributed by atoms with Crippen molar-refractivity contribution in [1.82, 2.24) is 0 Å². The largest absolute Gasteiger partial charge is 0.0845 e. The van der Waals surface area contributed by atoms with Crippen molar-refractivity contribution in [1.29, 1.82) is 0 Å². The van der Waals surface area contributed by atoms with Crippen LogP contribution in [0.5, 0.6) is 0 Å². The Labute approximate surface area is 93.1 Å². The molecule has 0 aliphatic heterocycles. The molecule has 0 nitrogen and oxygen atoms in total. The topological polar surface area (TPSA) is 0 Å². The molecule has 0 aliphatic rings. The lowest BCUT2D eigenvalue weighted by molar-refractivity contribution is 0.816. The van der Waals surface area contributed by atoms with E-state index >= 15 is 0 Å². The number of rotatable bonds is 6. The Balaban J connectivity index is 3.57. The van der Waals surface area contributed by atoms with Gasteiger partial charge in [-0.25, -0.2) is 0 Å². The molecule has 0 aromatic carbocycles. The molecule has 0 aromatic rings. The Morgan fingerprint density at radius 3 is 1.50 bits per heavy atom. The summed E-state index contributed by atoms with van der Waals surface area (Å²) in [7, 11) is 0. The van der Waals surface area contributed by atoms with Gasteiger partial charge in [0.1, 0.15) is 0 Å². The summed E-state index contributed by atoms with van der Waals surface area (Å²) in [6.07, 6.45) is 9.42. The second-order valence-electron chi connectivity index (χ2n) is 2.99. The van der Waals surface area contributed by atoms with Gasteiger partial charge in [0.05, 0.1) is 0 Å². The van der Waals surface area contributed by atoms with Gasteiger partial charge in [0, 0.05) is 9.65 Å². The van der Waals surface area contributed by atoms with Crippen LogP contribution in [0.25, 0.3) is 0 Å². The van der Waals surface area contributed by atoms with E-state index in [2.05, 4.69) is 57.9 Å². The molecule has 0 saturated heterocycles. The standard InChI is InChI=1S/C10H18Br2/c1-3-5-9(11)7-8-10(12)6-4-2/h7-10H,3-6H2,1-2H3. The molecule has 0 heterocycles. The highest BCUT2D eigenvalue weighted by molar-refractivity contribution is 9.10. The summed E-state index contributed by atoms with van der Waals surface area (Å²) in [5.74, 6) is 0. The van der Waals surface area contributed by atoms with Crippen molar-refractivity contribution in [3.05, 3.63) is 12.2 Å². The molecule has 2 unspecified atom stereocenters. The normalized spacial score (nSPS) is 16.7. The molecular formula is C10H18Br2. The fourth-order valence-electron chi connectivity index (χ4n) is 0.985. The van der Waals surface area contributed by atoms with E-state index in [1.165, 1.54) is 25.7 Å². The zero-order valence-corrected chi connectivity index (χ0v) is 11.1. The molecule has 0 radical (unpaired) electrons. The van der Waals surface area contributed by atoms with Gasteiger partial charge in [-0.1, -0.05) is 70.7 Å². The highest BCUT2D eigenvalue weighted by Gasteiger charge is 1.99. The Kier molecular flexibility index (Phi) is 8.79. The zero-order valence-electron chi connectivity index (χ0n) is 7.89. The maximum absolute atomic E-state index is 3.61. The summed E-state index contributed by atoms with van der Waals surface area (Å²) in [4.78, 5) is 1.11. The van der Waals surface area contributed by atoms with E-state index < -0.39 is 0 Å². The lowest BCUT2D eigenvalue weighted by Gasteiger charge is -2.03. The van der Waals surface area contributed by atoms with Gasteiger partial charge in [-0.05, 0) is 12.8 Å². The quantitative estimate of drug-likeness (QED) is 0.494. The molecule has 0 aromatic heterocycles. The first-order valence-corrected chi connectivity index (χ1v) is 6.50. The van der Waals surface area contributed by atoms with Gasteiger partial charge < -0.3 is 0 Å². The van der Waals surface area contributed by atoms with E-state index in [0.717, 1.165) is 0 Å². The summed E-state index contributed by atoms with van der Waals surface area (Å²) >= 11 is 7.22. The Morgan fingerprint density at radius 1 is 0.917 bits per heavy atom. The molecule has 0 saturated carbocycles. The predicted molar refractivity (Wildman–Crippen MR) is 64.4 cm³/mol. The van der Waals surface area contributed by atoms with Crippen LogP contribution in [0, 0.1) is 0 Å². The number of alkyl halides is 2. The molecular weight excluding hydrogens is 280 g/mol. The molecule has 72 valence electrons. The van der Waals surface area contributed by atoms with Crippen molar-refractivity contribution < 1.29 is 0 Å². The molecule has 0 fully saturated rings. The summed E-state index contributed by atoms with van der Waals surface area (Å²) in [5, 5.41) is 0. The first kappa shape index (κ1) is 12.7. The summed E-state index contributed by atoms with van der Waals surface area (Å²) < 4.78 is 0. The summed E-state index contributed by atoms with van der Waals surface area (Å²) in [6.45, 7) is 4.42. The summed E-state index contributed by atoms with van der Waals surface area (Å²) in [6, 6.07) is 0. The maximum Gasteiger partial charge on any atom is 0.0325 e. The number of allylic oxidation sites excluding steroid dienone is 2. The smallest absolute Gasteiger partial charge is 0.0325 e. The summed E-state index contributed by atoms with van der Waals surface area (Å²) in [5.41, 5.74) is 0. The van der Waals surface area contributed by atoms with Crippen molar-refractivity contribution in [3.8, 4) is 0 Å². The van der Waals surface area contributed by atoms with E-state index in [9.17, 15) is 0 Å². The fourth-order valence-corrected chi connectivity index (χ4v) is 2.25. The first-order chi connectivity index (χ1) is 5.70. The second kappa shape index (κ2) is 8.31. The average Bonchev–Trinajstić information content (AvgIpc) is 2.02. The number of halogens is 2. The van der Waals surface area contributed by atoms with E-state index in [0.29, 0.717) is 9.65 Å². The minimum Gasteiger partial charge on any atom is -0.0845 e. The van der Waals surface area contributed by atoms with Crippen molar-refractivity contribution >= 4 is 31.9 Å². The van der Waals surface area contributed by atoms with Crippen molar-refractivity contribution in [2.75, 3.05) is 0 Å². The van der Waals surface area contributed by atoms with Crippen LogP contribution in [0.1, 0.15) is 39.5 Å². The minimum absolute atomic E-state index is 0.555. The van der Waals surface area contributed by atoms with Crippen LogP contribution in [-0.4, -0.2) is 9.65 Å². The van der Waals surface area contributed by atoms with Crippen LogP contribution in [-0.2, 0) is 0 Å². The molecule has 12 heavy (non-hydrogen) atoms. The van der Waals surface area contributed by atoms with Crippen LogP contribution in [0.15, 0.2) is 12.2 Å². The third-order valence-electron chi connectivity index (χ3n) is 1.66. The molecule has 0 amide bonds. The van der Waals surface area contributed by atoms with Crippen molar-refractivity contribution in [3.63, 3.8) is 0 Å². The van der Waals surface area contributed by atoms with Gasteiger partial charge in [0.15, 0.2) is 0 Å². The van der Waals surface area contributed by atoms with Gasteiger partial charge in [-0.2, -0.15) is 0 Å². The Bertz CT molecular complexity index is 107. The molecule has 0 rings (SSSR count). The monoisotopic (exact) mass is 296 g/mol. The molecule has 0 bridgehead atoms. The third kappa shape index (κ3) is 7.35. The molecule has 2 heteroatoms. The fraction of sp³-hybridized carbons (Fsp3) is 0.800. The minimum atomic E-state index is 0.555. The number of hydrogen-bond acceptors (Lipinski definition) is 0. The zero-order chi connectivity index (χ0) is 9.40. The van der Waals surface area contributed by atoms with Gasteiger partial charge >= 0.3 is 0 Å². The SMILES string of the molecule is CCCC(Br)C=CC(Br)CCC. The third-order valence-corrected chi connectivity index (χ3v) is 3.18. The maximum atomic E-state index is 3.61. The first-order valence-electron chi connectivity index (χ1n) is 4.67. The Morgan fingerprint density at radius 2 is 1.25 bits per heavy atom. The van der Waals surface area contributed by atoms with Gasteiger partial charge in [-0.15, -0.1) is 0 Å². The van der Waals surface area contributed by atoms with E-state index in [1.54, 1.807) is 0 Å². The van der Waals surface area contributed by atoms with E-state index in [1.807, 2.05) is 0 Å². The van der Waals surface area contributed by atoms with Crippen LogP contribution in [0.2, 0.25) is 0 Å². The molecule has 0 aliphatic carbocycles. The molecule has 0 N–H and O–H groups in total. The highest BCUT2D eigenvalue weighted by atomic mass is 79.9. The van der Waals surface area contributed by atoms with Gasteiger partial charge in [0.2, 0.25) is 0 Å². The molecule has 0 spiro atoms. The predicted octanol–water partition coefficient (Wildman–Crippen LogP) is 4.67. The van der Waals surface area contributed by atoms with Gasteiger partial charge in [0.25, 0.3) is 0 Å². The van der Waals surface area contributed by atoms with Crippen LogP contribution in [0.3, 0.4) is 0 Å². The van der Waals surface area contributed by atoms with Crippen LogP contribution in [0.4, 0.5) is 0 Å². The Hall–Kier alpha value is 0.700. The highest BCUT2D eigenvalue weighted by Crippen LogP contribution is 2.14. The number of hydrogen-bond donors (Lipinski definition) is 0. The molecule has 2 atom stereocenters. The van der Waals surface area contributed by atoms with Crippen molar-refractivity contribution in [2.45, 2.75) is 49.2 Å². The van der Waals surface area contributed by atoms with E-state index in [4.69, 9.17) is 0 Å².